The maximum absolute atomic E-state index is 12.3. The van der Waals surface area contributed by atoms with Crippen molar-refractivity contribution < 1.29 is 23.9 Å². The highest BCUT2D eigenvalue weighted by molar-refractivity contribution is 6.30. The summed E-state index contributed by atoms with van der Waals surface area (Å²) in [5, 5.41) is 3.09. The van der Waals surface area contributed by atoms with Gasteiger partial charge in [0.15, 0.2) is 13.2 Å². The van der Waals surface area contributed by atoms with Gasteiger partial charge in [-0.05, 0) is 56.3 Å². The summed E-state index contributed by atoms with van der Waals surface area (Å²) in [5.74, 6) is -0.816. The predicted octanol–water partition coefficient (Wildman–Crippen LogP) is 3.38. The topological polar surface area (TPSA) is 84.9 Å². The second kappa shape index (κ2) is 11.1. The fourth-order valence-corrected chi connectivity index (χ4v) is 2.65. The molecule has 29 heavy (non-hydrogen) atoms. The third-order valence-corrected chi connectivity index (χ3v) is 4.22. The smallest absolute Gasteiger partial charge is 0.344 e. The Morgan fingerprint density at radius 2 is 1.69 bits per heavy atom. The first kappa shape index (κ1) is 22.2. The van der Waals surface area contributed by atoms with E-state index in [1.165, 1.54) is 0 Å². The molecule has 0 heterocycles. The Bertz CT molecular complexity index is 850. The van der Waals surface area contributed by atoms with Crippen LogP contribution in [0.2, 0.25) is 5.02 Å². The molecule has 154 valence electrons. The summed E-state index contributed by atoms with van der Waals surface area (Å²) in [4.78, 5) is 37.6. The van der Waals surface area contributed by atoms with Crippen molar-refractivity contribution in [2.45, 2.75) is 13.8 Å². The molecular weight excluding hydrogens is 396 g/mol. The lowest BCUT2D eigenvalue weighted by atomic mass is 10.2. The van der Waals surface area contributed by atoms with Gasteiger partial charge in [-0.3, -0.25) is 9.59 Å². The van der Waals surface area contributed by atoms with E-state index in [2.05, 4.69) is 5.32 Å². The zero-order valence-corrected chi connectivity index (χ0v) is 17.1. The second-order valence-corrected chi connectivity index (χ2v) is 6.45. The largest absolute Gasteiger partial charge is 0.482 e. The van der Waals surface area contributed by atoms with Crippen LogP contribution in [0.15, 0.2) is 48.5 Å². The number of nitrogens with zero attached hydrogens (tertiary/aromatic N) is 1. The fourth-order valence-electron chi connectivity index (χ4n) is 2.47. The number of halogens is 1. The molecule has 0 aromatic heterocycles. The zero-order valence-electron chi connectivity index (χ0n) is 16.3. The number of nitrogens with one attached hydrogen (secondary N) is 1. The van der Waals surface area contributed by atoms with E-state index < -0.39 is 18.5 Å². The molecule has 7 nitrogen and oxygen atoms in total. The molecular formula is C21H23ClN2O5. The molecule has 0 saturated carbocycles. The van der Waals surface area contributed by atoms with Gasteiger partial charge < -0.3 is 19.7 Å². The predicted molar refractivity (Wildman–Crippen MR) is 110 cm³/mol. The van der Waals surface area contributed by atoms with Crippen LogP contribution in [0.5, 0.6) is 5.75 Å². The number of esters is 1. The summed E-state index contributed by atoms with van der Waals surface area (Å²) in [5.41, 5.74) is 1.04. The molecule has 0 bridgehead atoms. The van der Waals surface area contributed by atoms with Crippen molar-refractivity contribution in [2.24, 2.45) is 0 Å². The first-order chi connectivity index (χ1) is 13.9. The Morgan fingerprint density at radius 1 is 1.00 bits per heavy atom. The summed E-state index contributed by atoms with van der Waals surface area (Å²) in [6.07, 6.45) is 0. The quantitative estimate of drug-likeness (QED) is 0.631. The summed E-state index contributed by atoms with van der Waals surface area (Å²) in [6, 6.07) is 13.1. The summed E-state index contributed by atoms with van der Waals surface area (Å²) < 4.78 is 10.1. The van der Waals surface area contributed by atoms with Crippen molar-refractivity contribution in [1.82, 2.24) is 4.90 Å². The molecule has 2 rings (SSSR count). The van der Waals surface area contributed by atoms with Crippen molar-refractivity contribution in [3.8, 4) is 5.75 Å². The molecule has 0 spiro atoms. The highest BCUT2D eigenvalue weighted by Gasteiger charge is 2.13. The number of carbonyl (C=O) groups excluding carboxylic acids is 3. The van der Waals surface area contributed by atoms with Crippen molar-refractivity contribution in [3.63, 3.8) is 0 Å². The average Bonchev–Trinajstić information content (AvgIpc) is 2.72. The number of carbonyl (C=O) groups is 3. The van der Waals surface area contributed by atoms with Gasteiger partial charge >= 0.3 is 5.97 Å². The van der Waals surface area contributed by atoms with Crippen molar-refractivity contribution in [2.75, 3.05) is 31.6 Å². The molecule has 2 aromatic carbocycles. The molecule has 0 unspecified atom stereocenters. The van der Waals surface area contributed by atoms with Gasteiger partial charge in [-0.1, -0.05) is 17.7 Å². The Kier molecular flexibility index (Phi) is 8.48. The van der Waals surface area contributed by atoms with Crippen LogP contribution in [-0.4, -0.2) is 49.0 Å². The molecule has 2 aromatic rings. The normalized spacial score (nSPS) is 10.2. The van der Waals surface area contributed by atoms with Crippen LogP contribution in [0, 0.1) is 0 Å². The molecule has 1 N–H and O–H groups in total. The lowest BCUT2D eigenvalue weighted by Gasteiger charge is -2.18. The van der Waals surface area contributed by atoms with Crippen LogP contribution in [0.4, 0.5) is 5.69 Å². The maximum Gasteiger partial charge on any atom is 0.344 e. The van der Waals surface area contributed by atoms with Gasteiger partial charge in [-0.25, -0.2) is 4.79 Å². The van der Waals surface area contributed by atoms with E-state index in [0.717, 1.165) is 0 Å². The minimum Gasteiger partial charge on any atom is -0.482 e. The minimum atomic E-state index is -0.680. The average molecular weight is 419 g/mol. The highest BCUT2D eigenvalue weighted by Crippen LogP contribution is 2.17. The monoisotopic (exact) mass is 418 g/mol. The summed E-state index contributed by atoms with van der Waals surface area (Å²) >= 11 is 5.83. The van der Waals surface area contributed by atoms with Crippen LogP contribution < -0.4 is 10.1 Å². The van der Waals surface area contributed by atoms with Crippen molar-refractivity contribution in [1.29, 1.82) is 0 Å². The van der Waals surface area contributed by atoms with E-state index in [1.54, 1.807) is 53.4 Å². The molecule has 0 fully saturated rings. The van der Waals surface area contributed by atoms with E-state index in [1.807, 2.05) is 13.8 Å². The fraction of sp³-hybridized carbons (Fsp3) is 0.286. The first-order valence-corrected chi connectivity index (χ1v) is 9.54. The molecule has 0 aliphatic rings. The number of ether oxygens (including phenoxy) is 2. The standard InChI is InChI=1S/C21H23ClN2O5/c1-3-24(4-2)21(27)15-8-10-17(11-9-15)23-19(25)13-29-20(26)14-28-18-7-5-6-16(22)12-18/h5-12H,3-4,13-14H2,1-2H3,(H,23,25). The van der Waals surface area contributed by atoms with Gasteiger partial charge in [0.1, 0.15) is 5.75 Å². The third kappa shape index (κ3) is 7.12. The van der Waals surface area contributed by atoms with E-state index >= 15 is 0 Å². The lowest BCUT2D eigenvalue weighted by molar-refractivity contribution is -0.149. The van der Waals surface area contributed by atoms with Crippen LogP contribution in [0.3, 0.4) is 0 Å². The molecule has 8 heteroatoms. The molecule has 2 amide bonds. The molecule has 0 saturated heterocycles. The van der Waals surface area contributed by atoms with Gasteiger partial charge in [-0.2, -0.15) is 0 Å². The molecule has 0 radical (unpaired) electrons. The van der Waals surface area contributed by atoms with E-state index in [4.69, 9.17) is 21.1 Å². The number of benzene rings is 2. The zero-order chi connectivity index (χ0) is 21.2. The maximum atomic E-state index is 12.3. The van der Waals surface area contributed by atoms with Crippen molar-refractivity contribution >= 4 is 35.1 Å². The number of amides is 2. The molecule has 0 aliphatic carbocycles. The van der Waals surface area contributed by atoms with Gasteiger partial charge in [0, 0.05) is 29.4 Å². The summed E-state index contributed by atoms with van der Waals surface area (Å²) in [7, 11) is 0. The number of hydrogen-bond acceptors (Lipinski definition) is 5. The van der Waals surface area contributed by atoms with Gasteiger partial charge in [0.2, 0.25) is 0 Å². The number of rotatable bonds is 9. The van der Waals surface area contributed by atoms with Crippen LogP contribution >= 0.6 is 11.6 Å². The van der Waals surface area contributed by atoms with Gasteiger partial charge in [0.05, 0.1) is 0 Å². The van der Waals surface area contributed by atoms with E-state index in [-0.39, 0.29) is 12.5 Å². The SMILES string of the molecule is CCN(CC)C(=O)c1ccc(NC(=O)COC(=O)COc2cccc(Cl)c2)cc1. The van der Waals surface area contributed by atoms with Crippen LogP contribution in [0.25, 0.3) is 0 Å². The molecule has 0 atom stereocenters. The Hall–Kier alpha value is -3.06. The first-order valence-electron chi connectivity index (χ1n) is 9.16. The van der Waals surface area contributed by atoms with E-state index in [9.17, 15) is 14.4 Å². The van der Waals surface area contributed by atoms with Crippen LogP contribution in [-0.2, 0) is 14.3 Å². The minimum absolute atomic E-state index is 0.0680. The molecule has 0 aliphatic heterocycles. The van der Waals surface area contributed by atoms with E-state index in [0.29, 0.717) is 35.1 Å². The third-order valence-electron chi connectivity index (χ3n) is 3.98. The van der Waals surface area contributed by atoms with Gasteiger partial charge in [-0.15, -0.1) is 0 Å². The number of hydrogen-bond donors (Lipinski definition) is 1. The Labute approximate surface area is 174 Å². The van der Waals surface area contributed by atoms with Crippen LogP contribution in [0.1, 0.15) is 24.2 Å². The Balaban J connectivity index is 1.77. The van der Waals surface area contributed by atoms with Crippen molar-refractivity contribution in [3.05, 3.63) is 59.1 Å². The Morgan fingerprint density at radius 3 is 2.31 bits per heavy atom. The number of anilines is 1. The van der Waals surface area contributed by atoms with Gasteiger partial charge in [0.25, 0.3) is 11.8 Å². The lowest BCUT2D eigenvalue weighted by Crippen LogP contribution is -2.30. The second-order valence-electron chi connectivity index (χ2n) is 6.01. The summed E-state index contributed by atoms with van der Waals surface area (Å²) in [6.45, 7) is 4.29. The highest BCUT2D eigenvalue weighted by atomic mass is 35.5.